The van der Waals surface area contributed by atoms with Gasteiger partial charge in [0.1, 0.15) is 23.4 Å². The summed E-state index contributed by atoms with van der Waals surface area (Å²) in [4.78, 5) is 23.7. The molecule has 0 spiro atoms. The van der Waals surface area contributed by atoms with Crippen LogP contribution >= 0.6 is 0 Å². The van der Waals surface area contributed by atoms with Gasteiger partial charge in [0.2, 0.25) is 5.91 Å². The van der Waals surface area contributed by atoms with Crippen molar-refractivity contribution in [3.63, 3.8) is 0 Å². The molecular formula is C28H29NO6. The summed E-state index contributed by atoms with van der Waals surface area (Å²) in [5.41, 5.74) is 1.11. The van der Waals surface area contributed by atoms with E-state index in [1.807, 2.05) is 36.4 Å². The third-order valence-electron chi connectivity index (χ3n) is 6.01. The molecule has 0 radical (unpaired) electrons. The van der Waals surface area contributed by atoms with Crippen molar-refractivity contribution in [3.8, 4) is 17.2 Å². The lowest BCUT2D eigenvalue weighted by atomic mass is 9.94. The van der Waals surface area contributed by atoms with Gasteiger partial charge in [-0.15, -0.1) is 0 Å². The van der Waals surface area contributed by atoms with E-state index in [4.69, 9.17) is 14.2 Å². The molecule has 35 heavy (non-hydrogen) atoms. The van der Waals surface area contributed by atoms with Gasteiger partial charge in [0.05, 0.1) is 23.8 Å². The number of hydrogen-bond acceptors (Lipinski definition) is 5. The normalized spacial score (nSPS) is 17.4. The van der Waals surface area contributed by atoms with Crippen molar-refractivity contribution in [2.45, 2.75) is 44.3 Å². The first kappa shape index (κ1) is 24.3. The number of para-hydroxylation sites is 1. The predicted molar refractivity (Wildman–Crippen MR) is 132 cm³/mol. The Balaban J connectivity index is 1.30. The maximum Gasteiger partial charge on any atom is 0.337 e. The smallest absolute Gasteiger partial charge is 0.337 e. The summed E-state index contributed by atoms with van der Waals surface area (Å²) in [6.45, 7) is 0. The van der Waals surface area contributed by atoms with E-state index in [0.29, 0.717) is 11.5 Å². The van der Waals surface area contributed by atoms with Crippen LogP contribution in [0.2, 0.25) is 0 Å². The first-order valence-electron chi connectivity index (χ1n) is 11.7. The highest BCUT2D eigenvalue weighted by molar-refractivity contribution is 6.00. The first-order valence-corrected chi connectivity index (χ1v) is 11.7. The van der Waals surface area contributed by atoms with E-state index in [2.05, 4.69) is 5.32 Å². The Morgan fingerprint density at radius 2 is 1.46 bits per heavy atom. The number of hydrogen-bond donors (Lipinski definition) is 2. The molecule has 0 aromatic heterocycles. The Labute approximate surface area is 204 Å². The van der Waals surface area contributed by atoms with Gasteiger partial charge in [0, 0.05) is 7.11 Å². The fourth-order valence-electron chi connectivity index (χ4n) is 4.20. The van der Waals surface area contributed by atoms with Crippen LogP contribution < -0.4 is 14.8 Å². The van der Waals surface area contributed by atoms with Crippen LogP contribution in [0.25, 0.3) is 0 Å². The number of methoxy groups -OCH3 is 1. The van der Waals surface area contributed by atoms with Gasteiger partial charge in [0.15, 0.2) is 0 Å². The summed E-state index contributed by atoms with van der Waals surface area (Å²) >= 11 is 0. The molecule has 2 N–H and O–H groups in total. The van der Waals surface area contributed by atoms with Crippen molar-refractivity contribution < 1.29 is 28.9 Å². The van der Waals surface area contributed by atoms with Gasteiger partial charge >= 0.3 is 5.97 Å². The van der Waals surface area contributed by atoms with E-state index >= 15 is 0 Å². The second-order valence-electron chi connectivity index (χ2n) is 8.51. The van der Waals surface area contributed by atoms with Crippen molar-refractivity contribution in [3.05, 3.63) is 83.9 Å². The second kappa shape index (κ2) is 11.5. The Morgan fingerprint density at radius 3 is 2.11 bits per heavy atom. The fourth-order valence-corrected chi connectivity index (χ4v) is 4.20. The van der Waals surface area contributed by atoms with E-state index < -0.39 is 5.97 Å². The monoisotopic (exact) mass is 475 g/mol. The molecule has 7 heteroatoms. The van der Waals surface area contributed by atoms with Gasteiger partial charge < -0.3 is 24.6 Å². The third kappa shape index (κ3) is 6.61. The minimum atomic E-state index is -1.09. The van der Waals surface area contributed by atoms with Gasteiger partial charge in [0.25, 0.3) is 0 Å². The Hall–Kier alpha value is -3.84. The third-order valence-corrected chi connectivity index (χ3v) is 6.01. The number of carbonyl (C=O) groups excluding carboxylic acids is 1. The number of aromatic carboxylic acids is 1. The van der Waals surface area contributed by atoms with Crippen LogP contribution in [0.4, 0.5) is 5.69 Å². The van der Waals surface area contributed by atoms with Gasteiger partial charge in [-0.25, -0.2) is 4.79 Å². The van der Waals surface area contributed by atoms with Crippen molar-refractivity contribution in [1.29, 1.82) is 0 Å². The summed E-state index contributed by atoms with van der Waals surface area (Å²) in [7, 11) is 1.74. The Kier molecular flexibility index (Phi) is 8.00. The van der Waals surface area contributed by atoms with Crippen molar-refractivity contribution >= 4 is 17.6 Å². The zero-order valence-electron chi connectivity index (χ0n) is 19.6. The molecule has 4 rings (SSSR count). The lowest BCUT2D eigenvalue weighted by Crippen LogP contribution is -2.36. The minimum Gasteiger partial charge on any atom is -0.488 e. The van der Waals surface area contributed by atoms with Gasteiger partial charge in [-0.05, 0) is 73.4 Å². The molecule has 0 aliphatic heterocycles. The molecular weight excluding hydrogens is 446 g/mol. The van der Waals surface area contributed by atoms with Crippen molar-refractivity contribution in [2.24, 2.45) is 0 Å². The molecule has 1 aliphatic rings. The van der Waals surface area contributed by atoms with E-state index in [9.17, 15) is 14.7 Å². The molecule has 1 aliphatic carbocycles. The average Bonchev–Trinajstić information content (AvgIpc) is 2.87. The number of carboxylic acid groups (broad SMARTS) is 1. The fraction of sp³-hybridized carbons (Fsp3) is 0.286. The standard InChI is InChI=1S/C28H29NO6/c1-33-25-8-4-5-9-26(25)35-22-16-14-21(15-17-22)34-20-12-10-19(11-13-20)18-27(30)29-24-7-3-2-6-23(24)28(31)32/h2-3,6-7,10-17,25-26H,4-5,8-9,18H2,1H3,(H,29,30)(H,31,32). The number of carboxylic acids is 1. The molecule has 2 atom stereocenters. The predicted octanol–water partition coefficient (Wildman–Crippen LogP) is 5.69. The molecule has 0 heterocycles. The van der Waals surface area contributed by atoms with Gasteiger partial charge in [-0.1, -0.05) is 30.7 Å². The number of amides is 1. The quantitative estimate of drug-likeness (QED) is 0.413. The molecule has 1 saturated carbocycles. The molecule has 0 saturated heterocycles. The van der Waals surface area contributed by atoms with Crippen LogP contribution in [0.3, 0.4) is 0 Å². The zero-order valence-corrected chi connectivity index (χ0v) is 19.6. The molecule has 0 bridgehead atoms. The number of benzene rings is 3. The van der Waals surface area contributed by atoms with Crippen LogP contribution in [-0.4, -0.2) is 36.3 Å². The zero-order chi connectivity index (χ0) is 24.6. The molecule has 7 nitrogen and oxygen atoms in total. The maximum absolute atomic E-state index is 12.4. The van der Waals surface area contributed by atoms with E-state index in [1.165, 1.54) is 12.5 Å². The largest absolute Gasteiger partial charge is 0.488 e. The summed E-state index contributed by atoms with van der Waals surface area (Å²) in [5.74, 6) is 0.731. The highest BCUT2D eigenvalue weighted by Gasteiger charge is 2.26. The number of nitrogens with one attached hydrogen (secondary N) is 1. The molecule has 2 unspecified atom stereocenters. The van der Waals surface area contributed by atoms with Gasteiger partial charge in [-0.2, -0.15) is 0 Å². The summed E-state index contributed by atoms with van der Waals surface area (Å²) < 4.78 is 17.6. The average molecular weight is 476 g/mol. The van der Waals surface area contributed by atoms with Crippen LogP contribution in [0, 0.1) is 0 Å². The van der Waals surface area contributed by atoms with E-state index in [-0.39, 0.29) is 35.8 Å². The van der Waals surface area contributed by atoms with Crippen molar-refractivity contribution in [2.75, 3.05) is 12.4 Å². The van der Waals surface area contributed by atoms with Crippen LogP contribution in [0.15, 0.2) is 72.8 Å². The minimum absolute atomic E-state index is 0.0540. The molecule has 1 amide bonds. The van der Waals surface area contributed by atoms with Crippen LogP contribution in [0.5, 0.6) is 17.2 Å². The van der Waals surface area contributed by atoms with E-state index in [0.717, 1.165) is 30.6 Å². The van der Waals surface area contributed by atoms with Gasteiger partial charge in [-0.3, -0.25) is 4.79 Å². The highest BCUT2D eigenvalue weighted by Crippen LogP contribution is 2.28. The number of carbonyl (C=O) groups is 2. The summed E-state index contributed by atoms with van der Waals surface area (Å²) in [5, 5.41) is 11.9. The van der Waals surface area contributed by atoms with Crippen LogP contribution in [-0.2, 0) is 16.0 Å². The van der Waals surface area contributed by atoms with Crippen LogP contribution in [0.1, 0.15) is 41.6 Å². The maximum atomic E-state index is 12.4. The summed E-state index contributed by atoms with van der Waals surface area (Å²) in [6.07, 6.45) is 4.66. The second-order valence-corrected chi connectivity index (χ2v) is 8.51. The molecule has 3 aromatic carbocycles. The number of anilines is 1. The Morgan fingerprint density at radius 1 is 0.857 bits per heavy atom. The highest BCUT2D eigenvalue weighted by atomic mass is 16.5. The van der Waals surface area contributed by atoms with E-state index in [1.54, 1.807) is 37.4 Å². The molecule has 3 aromatic rings. The lowest BCUT2D eigenvalue weighted by Gasteiger charge is -2.30. The SMILES string of the molecule is COC1CCCCC1Oc1ccc(Oc2ccc(CC(=O)Nc3ccccc3C(=O)O)cc2)cc1. The summed E-state index contributed by atoms with van der Waals surface area (Å²) in [6, 6.07) is 21.0. The topological polar surface area (TPSA) is 94.1 Å². The molecule has 182 valence electrons. The first-order chi connectivity index (χ1) is 17.0. The number of ether oxygens (including phenoxy) is 3. The Bertz CT molecular complexity index is 1140. The van der Waals surface area contributed by atoms with Crippen molar-refractivity contribution in [1.82, 2.24) is 0 Å². The molecule has 1 fully saturated rings. The lowest BCUT2D eigenvalue weighted by molar-refractivity contribution is -0.115. The number of rotatable bonds is 9.